The number of benzene rings is 3. The van der Waals surface area contributed by atoms with E-state index in [-0.39, 0.29) is 18.4 Å². The molecule has 0 spiro atoms. The van der Waals surface area contributed by atoms with Gasteiger partial charge in [0.2, 0.25) is 10.0 Å². The molecule has 0 fully saturated rings. The number of nitrogens with one attached hydrogen (secondary N) is 1. The van der Waals surface area contributed by atoms with Gasteiger partial charge in [0.05, 0.1) is 24.2 Å². The number of hydrogen-bond donors (Lipinski definition) is 1. The van der Waals surface area contributed by atoms with Gasteiger partial charge in [0.25, 0.3) is 11.8 Å². The molecule has 1 atom stereocenters. The Bertz CT molecular complexity index is 1390. The first-order valence-corrected chi connectivity index (χ1v) is 13.2. The van der Waals surface area contributed by atoms with Crippen LogP contribution in [0.3, 0.4) is 0 Å². The third-order valence-corrected chi connectivity index (χ3v) is 7.38. The van der Waals surface area contributed by atoms with Crippen molar-refractivity contribution in [3.05, 3.63) is 89.5 Å². The number of fused-ring (bicyclic) bond motifs is 2. The lowest BCUT2D eigenvalue weighted by atomic mass is 10.1. The molecule has 0 aliphatic carbocycles. The van der Waals surface area contributed by atoms with Crippen LogP contribution in [0.1, 0.15) is 21.5 Å². The minimum atomic E-state index is -3.37. The first-order chi connectivity index (χ1) is 16.8. The van der Waals surface area contributed by atoms with E-state index >= 15 is 0 Å². The number of para-hydroxylation sites is 2. The molecule has 3 aromatic carbocycles. The summed E-state index contributed by atoms with van der Waals surface area (Å²) in [7, 11) is -3.37. The molecule has 0 aromatic heterocycles. The predicted molar refractivity (Wildman–Crippen MR) is 133 cm³/mol. The molecule has 35 heavy (non-hydrogen) atoms. The van der Waals surface area contributed by atoms with Crippen LogP contribution in [0, 0.1) is 0 Å². The van der Waals surface area contributed by atoms with E-state index in [1.807, 2.05) is 36.4 Å². The maximum absolute atomic E-state index is 13.6. The molecule has 0 unspecified atom stereocenters. The largest absolute Gasteiger partial charge is 0.477 e. The van der Waals surface area contributed by atoms with Crippen molar-refractivity contribution in [1.82, 2.24) is 5.32 Å². The van der Waals surface area contributed by atoms with Crippen LogP contribution in [-0.2, 0) is 27.8 Å². The number of carbonyl (C=O) groups excluding carboxylic acids is 2. The first kappa shape index (κ1) is 22.9. The molecule has 0 radical (unpaired) electrons. The second kappa shape index (κ2) is 9.07. The van der Waals surface area contributed by atoms with Gasteiger partial charge < -0.3 is 15.0 Å². The van der Waals surface area contributed by atoms with Crippen LogP contribution < -0.4 is 19.3 Å². The van der Waals surface area contributed by atoms with Crippen molar-refractivity contribution in [3.63, 3.8) is 0 Å². The van der Waals surface area contributed by atoms with E-state index in [4.69, 9.17) is 4.74 Å². The highest BCUT2D eigenvalue weighted by atomic mass is 32.2. The molecule has 2 aliphatic heterocycles. The highest BCUT2D eigenvalue weighted by molar-refractivity contribution is 7.92. The van der Waals surface area contributed by atoms with Crippen molar-refractivity contribution in [1.29, 1.82) is 0 Å². The number of anilines is 2. The standard InChI is InChI=1S/C26H25N3O5S/c1-35(32,33)29-14-13-19-15-20(11-12-21(19)29)26(31)28-17-24(34-23-10-6-5-9-22(23)28)25(30)27-16-18-7-3-2-4-8-18/h2-12,15,24H,13-14,16-17H2,1H3,(H,27,30)/t24-/m1/s1. The van der Waals surface area contributed by atoms with Crippen molar-refractivity contribution in [3.8, 4) is 5.75 Å². The smallest absolute Gasteiger partial charge is 0.263 e. The van der Waals surface area contributed by atoms with Crippen LogP contribution in [0.25, 0.3) is 0 Å². The van der Waals surface area contributed by atoms with Crippen molar-refractivity contribution < 1.29 is 22.7 Å². The van der Waals surface area contributed by atoms with E-state index in [0.717, 1.165) is 11.1 Å². The molecule has 0 saturated heterocycles. The van der Waals surface area contributed by atoms with E-state index in [1.54, 1.807) is 41.3 Å². The van der Waals surface area contributed by atoms with Gasteiger partial charge in [-0.25, -0.2) is 8.42 Å². The molecule has 8 nitrogen and oxygen atoms in total. The summed E-state index contributed by atoms with van der Waals surface area (Å²) >= 11 is 0. The zero-order chi connectivity index (χ0) is 24.6. The zero-order valence-electron chi connectivity index (χ0n) is 19.2. The van der Waals surface area contributed by atoms with Gasteiger partial charge in [0.1, 0.15) is 5.75 Å². The van der Waals surface area contributed by atoms with Crippen LogP contribution in [0.5, 0.6) is 5.75 Å². The number of amides is 2. The van der Waals surface area contributed by atoms with Crippen LogP contribution >= 0.6 is 0 Å². The summed E-state index contributed by atoms with van der Waals surface area (Å²) in [5.74, 6) is -0.127. The predicted octanol–water partition coefficient (Wildman–Crippen LogP) is 2.73. The van der Waals surface area contributed by atoms with Crippen LogP contribution in [0.15, 0.2) is 72.8 Å². The van der Waals surface area contributed by atoms with Gasteiger partial charge in [-0.1, -0.05) is 42.5 Å². The van der Waals surface area contributed by atoms with Crippen LogP contribution in [-0.4, -0.2) is 45.7 Å². The summed E-state index contributed by atoms with van der Waals surface area (Å²) in [4.78, 5) is 28.1. The van der Waals surface area contributed by atoms with Gasteiger partial charge in [-0.15, -0.1) is 0 Å². The van der Waals surface area contributed by atoms with Crippen molar-refractivity contribution in [2.24, 2.45) is 0 Å². The summed E-state index contributed by atoms with van der Waals surface area (Å²) in [5, 5.41) is 2.89. The maximum atomic E-state index is 13.6. The third kappa shape index (κ3) is 4.59. The number of ether oxygens (including phenoxy) is 1. The summed E-state index contributed by atoms with van der Waals surface area (Å²) in [6.07, 6.45) is 0.843. The van der Waals surface area contributed by atoms with Crippen LogP contribution in [0.2, 0.25) is 0 Å². The fourth-order valence-electron chi connectivity index (χ4n) is 4.47. The Hall–Kier alpha value is -3.85. The van der Waals surface area contributed by atoms with Crippen molar-refractivity contribution >= 4 is 33.2 Å². The fourth-order valence-corrected chi connectivity index (χ4v) is 5.43. The topological polar surface area (TPSA) is 96.0 Å². The van der Waals surface area contributed by atoms with E-state index < -0.39 is 16.1 Å². The Balaban J connectivity index is 1.38. The highest BCUT2D eigenvalue weighted by Gasteiger charge is 2.35. The molecular formula is C26H25N3O5S. The van der Waals surface area contributed by atoms with Gasteiger partial charge in [-0.3, -0.25) is 13.9 Å². The SMILES string of the molecule is CS(=O)(=O)N1CCc2cc(C(=O)N3C[C@H](C(=O)NCc4ccccc4)Oc4ccccc43)ccc21. The van der Waals surface area contributed by atoms with E-state index in [9.17, 15) is 18.0 Å². The Kier molecular flexibility index (Phi) is 5.94. The molecule has 0 bridgehead atoms. The maximum Gasteiger partial charge on any atom is 0.263 e. The van der Waals surface area contributed by atoms with Gasteiger partial charge in [-0.2, -0.15) is 0 Å². The van der Waals surface area contributed by atoms with Crippen molar-refractivity contribution in [2.45, 2.75) is 19.1 Å². The Morgan fingerprint density at radius 1 is 1.00 bits per heavy atom. The average molecular weight is 492 g/mol. The summed E-state index contributed by atoms with van der Waals surface area (Å²) in [6, 6.07) is 21.7. The number of nitrogens with zero attached hydrogens (tertiary/aromatic N) is 2. The average Bonchev–Trinajstić information content (AvgIpc) is 3.31. The lowest BCUT2D eigenvalue weighted by Crippen LogP contribution is -2.50. The molecule has 9 heteroatoms. The first-order valence-electron chi connectivity index (χ1n) is 11.3. The molecule has 180 valence electrons. The van der Waals surface area contributed by atoms with E-state index in [2.05, 4.69) is 5.32 Å². The highest BCUT2D eigenvalue weighted by Crippen LogP contribution is 2.36. The normalized spacial score (nSPS) is 16.8. The van der Waals surface area contributed by atoms with E-state index in [0.29, 0.717) is 42.2 Å². The van der Waals surface area contributed by atoms with Crippen LogP contribution in [0.4, 0.5) is 11.4 Å². The van der Waals surface area contributed by atoms with E-state index in [1.165, 1.54) is 10.6 Å². The Labute approximate surface area is 204 Å². The second-order valence-electron chi connectivity index (χ2n) is 8.62. The lowest BCUT2D eigenvalue weighted by Gasteiger charge is -2.34. The Morgan fingerprint density at radius 2 is 1.74 bits per heavy atom. The van der Waals surface area contributed by atoms with Crippen molar-refractivity contribution in [2.75, 3.05) is 28.6 Å². The molecular weight excluding hydrogens is 466 g/mol. The third-order valence-electron chi connectivity index (χ3n) is 6.20. The number of carbonyl (C=O) groups is 2. The van der Waals surface area contributed by atoms with Gasteiger partial charge in [0.15, 0.2) is 6.10 Å². The zero-order valence-corrected chi connectivity index (χ0v) is 20.0. The van der Waals surface area contributed by atoms with Gasteiger partial charge in [0, 0.05) is 18.7 Å². The molecule has 2 heterocycles. The summed E-state index contributed by atoms with van der Waals surface area (Å²) < 4.78 is 31.4. The van der Waals surface area contributed by atoms with Gasteiger partial charge >= 0.3 is 0 Å². The second-order valence-corrected chi connectivity index (χ2v) is 10.5. The molecule has 3 aromatic rings. The monoisotopic (exact) mass is 491 g/mol. The minimum absolute atomic E-state index is 0.0586. The quantitative estimate of drug-likeness (QED) is 0.592. The molecule has 1 N–H and O–H groups in total. The van der Waals surface area contributed by atoms with Gasteiger partial charge in [-0.05, 0) is 47.9 Å². The summed E-state index contributed by atoms with van der Waals surface area (Å²) in [6.45, 7) is 0.773. The molecule has 5 rings (SSSR count). The Morgan fingerprint density at radius 3 is 2.51 bits per heavy atom. The lowest BCUT2D eigenvalue weighted by molar-refractivity contribution is -0.128. The molecule has 2 aliphatic rings. The molecule has 2 amide bonds. The number of hydrogen-bond acceptors (Lipinski definition) is 5. The number of rotatable bonds is 5. The number of sulfonamides is 1. The summed E-state index contributed by atoms with van der Waals surface area (Å²) in [5.41, 5.74) is 3.39. The fraction of sp³-hybridized carbons (Fsp3) is 0.231. The minimum Gasteiger partial charge on any atom is -0.477 e. The molecule has 0 saturated carbocycles.